The smallest absolute Gasteiger partial charge is 0.398 e. The van der Waals surface area contributed by atoms with Gasteiger partial charge in [-0.05, 0) is 43.2 Å². The summed E-state index contributed by atoms with van der Waals surface area (Å²) in [5.41, 5.74) is -4.38. The van der Waals surface area contributed by atoms with Crippen LogP contribution in [0.15, 0.2) is 52.2 Å². The lowest BCUT2D eigenvalue weighted by molar-refractivity contribution is -0.161. The highest BCUT2D eigenvalue weighted by molar-refractivity contribution is 7.87. The summed E-state index contributed by atoms with van der Waals surface area (Å²) >= 11 is 0. The Hall–Kier alpha value is -4.21. The van der Waals surface area contributed by atoms with Crippen LogP contribution in [-0.2, 0) is 15.5 Å². The number of halogens is 9. The van der Waals surface area contributed by atoms with Gasteiger partial charge in [-0.15, -0.1) is 0 Å². The third kappa shape index (κ3) is 4.44. The van der Waals surface area contributed by atoms with Crippen molar-refractivity contribution in [3.8, 4) is 17.2 Å². The second-order valence-corrected chi connectivity index (χ2v) is 10.8. The van der Waals surface area contributed by atoms with E-state index in [-0.39, 0.29) is 35.2 Å². The van der Waals surface area contributed by atoms with E-state index in [0.29, 0.717) is 6.07 Å². The molecule has 16 heteroatoms. The molecule has 4 aromatic rings. The molecule has 0 aliphatic heterocycles. The Labute approximate surface area is 229 Å². The van der Waals surface area contributed by atoms with Crippen LogP contribution in [0.2, 0.25) is 0 Å². The average Bonchev–Trinajstić information content (AvgIpc) is 3.75. The van der Waals surface area contributed by atoms with Crippen molar-refractivity contribution in [3.63, 3.8) is 0 Å². The third-order valence-electron chi connectivity index (χ3n) is 6.83. The van der Waals surface area contributed by atoms with Crippen LogP contribution in [0.1, 0.15) is 18.4 Å². The van der Waals surface area contributed by atoms with E-state index in [9.17, 15) is 48.3 Å². The molecular formula is C26H14F9NO5S. The fourth-order valence-corrected chi connectivity index (χ4v) is 5.49. The normalized spacial score (nSPS) is 14.7. The molecule has 0 amide bonds. The van der Waals surface area contributed by atoms with Crippen LogP contribution in [0.25, 0.3) is 16.6 Å². The van der Waals surface area contributed by atoms with Gasteiger partial charge in [-0.3, -0.25) is 9.36 Å². The Balaban J connectivity index is 1.62. The number of hydrogen-bond donors (Lipinski definition) is 0. The molecule has 6 nitrogen and oxygen atoms in total. The van der Waals surface area contributed by atoms with Gasteiger partial charge < -0.3 is 8.92 Å². The molecule has 1 aromatic heterocycles. The topological polar surface area (TPSA) is 74.6 Å². The predicted molar refractivity (Wildman–Crippen MR) is 127 cm³/mol. The van der Waals surface area contributed by atoms with Crippen LogP contribution in [0.4, 0.5) is 39.5 Å². The van der Waals surface area contributed by atoms with Gasteiger partial charge in [-0.2, -0.15) is 30.4 Å². The fourth-order valence-electron chi connectivity index (χ4n) is 4.52. The standard InChI is InChI=1S/C26H14F9NO5S/c1-40-17-9-13(25(6-7-25)26(33,34)35)14(27)10-16(17)36-15-4-3-12(8-11(15)2-5-18(36)37)42(38,39)41-24-22(31)20(29)19(28)21(30)23(24)32/h2-5,8-10H,6-7H2,1H3. The molecule has 0 bridgehead atoms. The molecule has 1 saturated carbocycles. The van der Waals surface area contributed by atoms with Crippen molar-refractivity contribution in [2.45, 2.75) is 29.3 Å². The van der Waals surface area contributed by atoms with E-state index in [1.165, 1.54) is 0 Å². The zero-order valence-corrected chi connectivity index (χ0v) is 21.6. The molecule has 0 saturated heterocycles. The van der Waals surface area contributed by atoms with E-state index in [4.69, 9.17) is 4.74 Å². The van der Waals surface area contributed by atoms with E-state index in [2.05, 4.69) is 4.18 Å². The quantitative estimate of drug-likeness (QED) is 0.111. The second kappa shape index (κ2) is 9.68. The molecule has 42 heavy (non-hydrogen) atoms. The molecule has 0 atom stereocenters. The number of nitrogens with zero attached hydrogens (tertiary/aromatic N) is 1. The summed E-state index contributed by atoms with van der Waals surface area (Å²) in [5.74, 6) is -16.2. The minimum absolute atomic E-state index is 0.0998. The number of fused-ring (bicyclic) bond motifs is 1. The van der Waals surface area contributed by atoms with Crippen LogP contribution in [0, 0.1) is 34.9 Å². The first-order valence-electron chi connectivity index (χ1n) is 11.6. The summed E-state index contributed by atoms with van der Waals surface area (Å²) in [5, 5.41) is -0.0998. The maximum atomic E-state index is 15.1. The molecule has 222 valence electrons. The number of methoxy groups -OCH3 is 1. The highest BCUT2D eigenvalue weighted by Gasteiger charge is 2.65. The monoisotopic (exact) mass is 623 g/mol. The molecule has 3 aromatic carbocycles. The van der Waals surface area contributed by atoms with Crippen molar-refractivity contribution in [2.24, 2.45) is 0 Å². The van der Waals surface area contributed by atoms with Crippen LogP contribution >= 0.6 is 0 Å². The van der Waals surface area contributed by atoms with Crippen molar-refractivity contribution in [3.05, 3.63) is 93.3 Å². The van der Waals surface area contributed by atoms with E-state index < -0.39 is 78.4 Å². The minimum Gasteiger partial charge on any atom is -0.495 e. The molecule has 1 heterocycles. The molecule has 0 unspecified atom stereocenters. The van der Waals surface area contributed by atoms with Gasteiger partial charge in [-0.1, -0.05) is 0 Å². The highest BCUT2D eigenvalue weighted by atomic mass is 32.2. The Bertz CT molecular complexity index is 1920. The number of rotatable bonds is 6. The molecule has 1 fully saturated rings. The van der Waals surface area contributed by atoms with Crippen LogP contribution in [0.3, 0.4) is 0 Å². The van der Waals surface area contributed by atoms with Crippen molar-refractivity contribution in [1.29, 1.82) is 0 Å². The Morgan fingerprint density at radius 2 is 1.43 bits per heavy atom. The van der Waals surface area contributed by atoms with Crippen molar-refractivity contribution >= 4 is 21.0 Å². The van der Waals surface area contributed by atoms with E-state index in [1.807, 2.05) is 0 Å². The molecule has 0 spiro atoms. The molecule has 0 N–H and O–H groups in total. The molecule has 0 radical (unpaired) electrons. The molecular weight excluding hydrogens is 609 g/mol. The lowest BCUT2D eigenvalue weighted by atomic mass is 9.94. The van der Waals surface area contributed by atoms with Crippen LogP contribution in [-0.4, -0.2) is 26.3 Å². The Morgan fingerprint density at radius 1 is 0.833 bits per heavy atom. The van der Waals surface area contributed by atoms with Crippen LogP contribution in [0.5, 0.6) is 11.5 Å². The Morgan fingerprint density at radius 3 is 1.98 bits per heavy atom. The predicted octanol–water partition coefficient (Wildman–Crippen LogP) is 6.20. The summed E-state index contributed by atoms with van der Waals surface area (Å²) in [6, 6.07) is 6.00. The number of aromatic nitrogens is 1. The summed E-state index contributed by atoms with van der Waals surface area (Å²) in [6.07, 6.45) is -5.46. The largest absolute Gasteiger partial charge is 0.495 e. The van der Waals surface area contributed by atoms with Gasteiger partial charge in [0.15, 0.2) is 0 Å². The first kappa shape index (κ1) is 29.3. The average molecular weight is 623 g/mol. The first-order valence-corrected chi connectivity index (χ1v) is 13.0. The SMILES string of the molecule is COc1cc(C2(C(F)(F)F)CC2)c(F)cc1-n1c(=O)ccc2cc(S(=O)(=O)Oc3c(F)c(F)c(F)c(F)c3F)ccc21. The van der Waals surface area contributed by atoms with Crippen LogP contribution < -0.4 is 14.5 Å². The maximum Gasteiger partial charge on any atom is 0.398 e. The highest BCUT2D eigenvalue weighted by Crippen LogP contribution is 2.60. The number of benzene rings is 3. The summed E-state index contributed by atoms with van der Waals surface area (Å²) in [7, 11) is -4.17. The lowest BCUT2D eigenvalue weighted by Crippen LogP contribution is -2.30. The van der Waals surface area contributed by atoms with Gasteiger partial charge in [0.2, 0.25) is 34.8 Å². The van der Waals surface area contributed by atoms with E-state index in [0.717, 1.165) is 48.1 Å². The molecule has 1 aliphatic rings. The van der Waals surface area contributed by atoms with Crippen molar-refractivity contribution in [1.82, 2.24) is 4.57 Å². The zero-order valence-electron chi connectivity index (χ0n) is 20.8. The first-order chi connectivity index (χ1) is 19.5. The van der Waals surface area contributed by atoms with E-state index in [1.54, 1.807) is 0 Å². The summed E-state index contributed by atoms with van der Waals surface area (Å²) in [6.45, 7) is 0. The van der Waals surface area contributed by atoms with Crippen molar-refractivity contribution in [2.75, 3.05) is 7.11 Å². The number of ether oxygens (including phenoxy) is 1. The minimum atomic E-state index is -5.25. The van der Waals surface area contributed by atoms with Gasteiger partial charge in [0.05, 0.1) is 23.7 Å². The lowest BCUT2D eigenvalue weighted by Gasteiger charge is -2.22. The van der Waals surface area contributed by atoms with Gasteiger partial charge >= 0.3 is 16.3 Å². The Kier molecular flexibility index (Phi) is 6.75. The molecule has 5 rings (SSSR count). The summed E-state index contributed by atoms with van der Waals surface area (Å²) < 4.78 is 160. The van der Waals surface area contributed by atoms with Crippen molar-refractivity contribution < 1.29 is 56.9 Å². The number of alkyl halides is 3. The van der Waals surface area contributed by atoms with Gasteiger partial charge in [-0.25, -0.2) is 17.6 Å². The van der Waals surface area contributed by atoms with Gasteiger partial charge in [0.1, 0.15) is 16.5 Å². The number of pyridine rings is 1. The maximum absolute atomic E-state index is 15.1. The van der Waals surface area contributed by atoms with Gasteiger partial charge in [0, 0.05) is 23.1 Å². The summed E-state index contributed by atoms with van der Waals surface area (Å²) in [4.78, 5) is 12.0. The second-order valence-electron chi connectivity index (χ2n) is 9.25. The zero-order chi connectivity index (χ0) is 30.9. The third-order valence-corrected chi connectivity index (χ3v) is 8.05. The van der Waals surface area contributed by atoms with E-state index >= 15 is 4.39 Å². The fraction of sp³-hybridized carbons (Fsp3) is 0.192. The molecule has 1 aliphatic carbocycles. The number of hydrogen-bond acceptors (Lipinski definition) is 5. The van der Waals surface area contributed by atoms with Gasteiger partial charge in [0.25, 0.3) is 5.56 Å².